The Morgan fingerprint density at radius 1 is 1.17 bits per heavy atom. The van der Waals surface area contributed by atoms with Gasteiger partial charge < -0.3 is 10.0 Å². The molecule has 2 aliphatic rings. The largest absolute Gasteiger partial charge is 0.480 e. The van der Waals surface area contributed by atoms with Gasteiger partial charge in [0, 0.05) is 12.1 Å². The molecule has 0 spiro atoms. The first kappa shape index (κ1) is 13.8. The molecule has 1 aliphatic carbocycles. The molecule has 0 radical (unpaired) electrons. The molecule has 2 fully saturated rings. The van der Waals surface area contributed by atoms with Crippen LogP contribution in [0.2, 0.25) is 0 Å². The molecule has 4 nitrogen and oxygen atoms in total. The van der Waals surface area contributed by atoms with Crippen molar-refractivity contribution in [3.8, 4) is 0 Å². The molecule has 0 aromatic heterocycles. The predicted octanol–water partition coefficient (Wildman–Crippen LogP) is 1.80. The number of carboxylic acids is 1. The number of nitrogens with zero attached hydrogens (tertiary/aromatic N) is 2. The molecule has 1 N–H and O–H groups in total. The Morgan fingerprint density at radius 2 is 1.72 bits per heavy atom. The van der Waals surface area contributed by atoms with Crippen molar-refractivity contribution < 1.29 is 9.90 Å². The first-order chi connectivity index (χ1) is 8.70. The van der Waals surface area contributed by atoms with E-state index in [-0.39, 0.29) is 6.54 Å². The Kier molecular flexibility index (Phi) is 5.01. The number of carbonyl (C=O) groups is 1. The van der Waals surface area contributed by atoms with Crippen LogP contribution in [0.1, 0.15) is 45.4 Å². The Balaban J connectivity index is 1.93. The highest BCUT2D eigenvalue weighted by Crippen LogP contribution is 2.28. The third-order valence-corrected chi connectivity index (χ3v) is 4.58. The molecule has 4 heteroatoms. The SMILES string of the molecule is CCN1CCC(N(CC(=O)O)C2CCCC2)CC1. The van der Waals surface area contributed by atoms with E-state index in [4.69, 9.17) is 5.11 Å². The molecular weight excluding hydrogens is 228 g/mol. The second-order valence-corrected chi connectivity index (χ2v) is 5.67. The molecule has 104 valence electrons. The summed E-state index contributed by atoms with van der Waals surface area (Å²) >= 11 is 0. The molecule has 1 heterocycles. The maximum absolute atomic E-state index is 11.1. The fraction of sp³-hybridized carbons (Fsp3) is 0.929. The summed E-state index contributed by atoms with van der Waals surface area (Å²) in [7, 11) is 0. The van der Waals surface area contributed by atoms with Crippen LogP contribution in [0.15, 0.2) is 0 Å². The van der Waals surface area contributed by atoms with Gasteiger partial charge in [-0.1, -0.05) is 19.8 Å². The highest BCUT2D eigenvalue weighted by Gasteiger charge is 2.32. The number of hydrogen-bond acceptors (Lipinski definition) is 3. The maximum Gasteiger partial charge on any atom is 0.317 e. The summed E-state index contributed by atoms with van der Waals surface area (Å²) in [6.07, 6.45) is 7.21. The summed E-state index contributed by atoms with van der Waals surface area (Å²) in [5, 5.41) is 9.12. The number of likely N-dealkylation sites (tertiary alicyclic amines) is 1. The molecule has 0 atom stereocenters. The highest BCUT2D eigenvalue weighted by atomic mass is 16.4. The normalized spacial score (nSPS) is 23.9. The van der Waals surface area contributed by atoms with Crippen LogP contribution < -0.4 is 0 Å². The van der Waals surface area contributed by atoms with Gasteiger partial charge in [0.25, 0.3) is 0 Å². The lowest BCUT2D eigenvalue weighted by molar-refractivity contribution is -0.140. The number of aliphatic carboxylic acids is 1. The average molecular weight is 254 g/mol. The van der Waals surface area contributed by atoms with Crippen LogP contribution in [0.5, 0.6) is 0 Å². The van der Waals surface area contributed by atoms with Crippen LogP contribution in [0.25, 0.3) is 0 Å². The number of piperidine rings is 1. The molecule has 0 aromatic carbocycles. The van der Waals surface area contributed by atoms with Crippen LogP contribution in [0, 0.1) is 0 Å². The van der Waals surface area contributed by atoms with Crippen molar-refractivity contribution in [1.82, 2.24) is 9.80 Å². The van der Waals surface area contributed by atoms with E-state index in [1.54, 1.807) is 0 Å². The Bertz CT molecular complexity index is 269. The number of hydrogen-bond donors (Lipinski definition) is 1. The van der Waals surface area contributed by atoms with E-state index >= 15 is 0 Å². The van der Waals surface area contributed by atoms with E-state index in [1.165, 1.54) is 25.7 Å². The van der Waals surface area contributed by atoms with Gasteiger partial charge in [0.15, 0.2) is 0 Å². The highest BCUT2D eigenvalue weighted by molar-refractivity contribution is 5.69. The van der Waals surface area contributed by atoms with Gasteiger partial charge in [0.1, 0.15) is 0 Å². The summed E-state index contributed by atoms with van der Waals surface area (Å²) in [6, 6.07) is 1.02. The predicted molar refractivity (Wildman–Crippen MR) is 71.7 cm³/mol. The van der Waals surface area contributed by atoms with Crippen molar-refractivity contribution in [2.24, 2.45) is 0 Å². The molecule has 0 amide bonds. The van der Waals surface area contributed by atoms with Gasteiger partial charge in [-0.15, -0.1) is 0 Å². The summed E-state index contributed by atoms with van der Waals surface area (Å²) in [4.78, 5) is 15.8. The molecule has 18 heavy (non-hydrogen) atoms. The van der Waals surface area contributed by atoms with Crippen molar-refractivity contribution in [2.45, 2.75) is 57.5 Å². The first-order valence-electron chi connectivity index (χ1n) is 7.40. The van der Waals surface area contributed by atoms with Crippen LogP contribution in [0.4, 0.5) is 0 Å². The average Bonchev–Trinajstić information content (AvgIpc) is 2.89. The second kappa shape index (κ2) is 6.53. The summed E-state index contributed by atoms with van der Waals surface area (Å²) < 4.78 is 0. The molecule has 2 rings (SSSR count). The first-order valence-corrected chi connectivity index (χ1v) is 7.40. The van der Waals surface area contributed by atoms with Gasteiger partial charge in [0.2, 0.25) is 0 Å². The zero-order valence-electron chi connectivity index (χ0n) is 11.5. The minimum absolute atomic E-state index is 0.238. The Morgan fingerprint density at radius 3 is 2.22 bits per heavy atom. The topological polar surface area (TPSA) is 43.8 Å². The molecular formula is C14H26N2O2. The van der Waals surface area contributed by atoms with E-state index in [2.05, 4.69) is 16.7 Å². The van der Waals surface area contributed by atoms with E-state index in [9.17, 15) is 4.79 Å². The molecule has 0 bridgehead atoms. The monoisotopic (exact) mass is 254 g/mol. The lowest BCUT2D eigenvalue weighted by atomic mass is 10.0. The zero-order chi connectivity index (χ0) is 13.0. The third kappa shape index (κ3) is 3.45. The van der Waals surface area contributed by atoms with Gasteiger partial charge in [-0.3, -0.25) is 9.69 Å². The van der Waals surface area contributed by atoms with Crippen LogP contribution in [0.3, 0.4) is 0 Å². The standard InChI is InChI=1S/C14H26N2O2/c1-2-15-9-7-13(8-10-15)16(11-14(17)18)12-5-3-4-6-12/h12-13H,2-11H2,1H3,(H,17,18). The van der Waals surface area contributed by atoms with Crippen molar-refractivity contribution >= 4 is 5.97 Å². The van der Waals surface area contributed by atoms with Crippen molar-refractivity contribution in [1.29, 1.82) is 0 Å². The van der Waals surface area contributed by atoms with Crippen LogP contribution in [-0.4, -0.2) is 59.1 Å². The van der Waals surface area contributed by atoms with Gasteiger partial charge in [0.05, 0.1) is 6.54 Å². The van der Waals surface area contributed by atoms with E-state index < -0.39 is 5.97 Å². The molecule has 1 saturated heterocycles. The van der Waals surface area contributed by atoms with Crippen LogP contribution in [-0.2, 0) is 4.79 Å². The quantitative estimate of drug-likeness (QED) is 0.812. The Hall–Kier alpha value is -0.610. The molecule has 1 saturated carbocycles. The summed E-state index contributed by atoms with van der Waals surface area (Å²) in [5.74, 6) is -0.667. The summed E-state index contributed by atoms with van der Waals surface area (Å²) in [6.45, 7) is 5.82. The van der Waals surface area contributed by atoms with E-state index in [1.807, 2.05) is 0 Å². The lowest BCUT2D eigenvalue weighted by Crippen LogP contribution is -2.50. The fourth-order valence-electron chi connectivity index (χ4n) is 3.52. The van der Waals surface area contributed by atoms with Crippen LogP contribution >= 0.6 is 0 Å². The van der Waals surface area contributed by atoms with E-state index in [0.29, 0.717) is 12.1 Å². The molecule has 1 aliphatic heterocycles. The minimum Gasteiger partial charge on any atom is -0.480 e. The summed E-state index contributed by atoms with van der Waals surface area (Å²) in [5.41, 5.74) is 0. The van der Waals surface area contributed by atoms with Crippen molar-refractivity contribution in [3.05, 3.63) is 0 Å². The van der Waals surface area contributed by atoms with Crippen molar-refractivity contribution in [2.75, 3.05) is 26.2 Å². The Labute approximate surface area is 110 Å². The molecule has 0 aromatic rings. The number of rotatable bonds is 5. The van der Waals surface area contributed by atoms with Gasteiger partial charge >= 0.3 is 5.97 Å². The van der Waals surface area contributed by atoms with Gasteiger partial charge in [-0.2, -0.15) is 0 Å². The van der Waals surface area contributed by atoms with Gasteiger partial charge in [-0.25, -0.2) is 0 Å². The fourth-order valence-corrected chi connectivity index (χ4v) is 3.52. The van der Waals surface area contributed by atoms with Gasteiger partial charge in [-0.05, 0) is 45.3 Å². The van der Waals surface area contributed by atoms with E-state index in [0.717, 1.165) is 32.5 Å². The third-order valence-electron chi connectivity index (χ3n) is 4.58. The second-order valence-electron chi connectivity index (χ2n) is 5.67. The number of carboxylic acid groups (broad SMARTS) is 1. The minimum atomic E-state index is -0.667. The molecule has 0 unspecified atom stereocenters. The smallest absolute Gasteiger partial charge is 0.317 e. The van der Waals surface area contributed by atoms with Crippen molar-refractivity contribution in [3.63, 3.8) is 0 Å². The zero-order valence-corrected chi connectivity index (χ0v) is 11.5. The lowest BCUT2D eigenvalue weighted by Gasteiger charge is -2.40. The maximum atomic E-state index is 11.1.